The van der Waals surface area contributed by atoms with Gasteiger partial charge in [-0.15, -0.1) is 0 Å². The molecular formula is C14H30N2O. The van der Waals surface area contributed by atoms with E-state index in [1.807, 2.05) is 0 Å². The van der Waals surface area contributed by atoms with E-state index >= 15 is 0 Å². The number of nitrogens with zero attached hydrogens (tertiary/aromatic N) is 1. The van der Waals surface area contributed by atoms with Crippen molar-refractivity contribution < 1.29 is 5.11 Å². The lowest BCUT2D eigenvalue weighted by molar-refractivity contribution is 0.138. The van der Waals surface area contributed by atoms with Crippen molar-refractivity contribution in [2.45, 2.75) is 52.0 Å². The van der Waals surface area contributed by atoms with Crippen LogP contribution in [0.2, 0.25) is 0 Å². The Kier molecular flexibility index (Phi) is 7.82. The monoisotopic (exact) mass is 242 g/mol. The van der Waals surface area contributed by atoms with E-state index in [1.54, 1.807) is 0 Å². The Balaban J connectivity index is 2.22. The summed E-state index contributed by atoms with van der Waals surface area (Å²) in [6, 6.07) is 0.723. The Labute approximate surface area is 107 Å². The maximum atomic E-state index is 8.83. The second kappa shape index (κ2) is 8.90. The Morgan fingerprint density at radius 3 is 2.82 bits per heavy atom. The van der Waals surface area contributed by atoms with E-state index in [0.717, 1.165) is 44.4 Å². The molecule has 1 fully saturated rings. The van der Waals surface area contributed by atoms with Crippen LogP contribution < -0.4 is 5.32 Å². The molecule has 17 heavy (non-hydrogen) atoms. The molecule has 2 N–H and O–H groups in total. The van der Waals surface area contributed by atoms with Crippen LogP contribution in [0, 0.1) is 5.92 Å². The Morgan fingerprint density at radius 1 is 1.29 bits per heavy atom. The molecule has 0 bridgehead atoms. The quantitative estimate of drug-likeness (QED) is 0.638. The van der Waals surface area contributed by atoms with Gasteiger partial charge in [0, 0.05) is 19.2 Å². The molecule has 3 nitrogen and oxygen atoms in total. The fourth-order valence-corrected chi connectivity index (χ4v) is 2.55. The van der Waals surface area contributed by atoms with Gasteiger partial charge in [-0.1, -0.05) is 20.3 Å². The standard InChI is InChI=1S/C14H30N2O/c1-13(2)11-15-12-14-7-3-4-8-16(14)9-5-6-10-17/h13-15,17H,3-12H2,1-2H3. The zero-order valence-electron chi connectivity index (χ0n) is 11.6. The molecule has 1 unspecified atom stereocenters. The zero-order chi connectivity index (χ0) is 12.5. The van der Waals surface area contributed by atoms with Gasteiger partial charge < -0.3 is 10.4 Å². The predicted molar refractivity (Wildman–Crippen MR) is 73.2 cm³/mol. The molecule has 3 heteroatoms. The number of nitrogens with one attached hydrogen (secondary N) is 1. The normalized spacial score (nSPS) is 22.2. The molecular weight excluding hydrogens is 212 g/mol. The summed E-state index contributed by atoms with van der Waals surface area (Å²) in [5, 5.41) is 12.4. The van der Waals surface area contributed by atoms with Crippen molar-refractivity contribution in [2.24, 2.45) is 5.92 Å². The van der Waals surface area contributed by atoms with Crippen LogP contribution in [0.1, 0.15) is 46.0 Å². The lowest BCUT2D eigenvalue weighted by Crippen LogP contribution is -2.46. The number of piperidine rings is 1. The molecule has 1 atom stereocenters. The third-order valence-electron chi connectivity index (χ3n) is 3.54. The van der Waals surface area contributed by atoms with Gasteiger partial charge in [-0.2, -0.15) is 0 Å². The smallest absolute Gasteiger partial charge is 0.0431 e. The summed E-state index contributed by atoms with van der Waals surface area (Å²) in [4.78, 5) is 2.62. The molecule has 1 heterocycles. The molecule has 0 saturated carbocycles. The highest BCUT2D eigenvalue weighted by Gasteiger charge is 2.21. The van der Waals surface area contributed by atoms with Gasteiger partial charge in [-0.25, -0.2) is 0 Å². The molecule has 0 aromatic rings. The van der Waals surface area contributed by atoms with Crippen LogP contribution in [0.4, 0.5) is 0 Å². The summed E-state index contributed by atoms with van der Waals surface area (Å²) in [5.41, 5.74) is 0. The topological polar surface area (TPSA) is 35.5 Å². The highest BCUT2D eigenvalue weighted by atomic mass is 16.2. The first-order valence-electron chi connectivity index (χ1n) is 7.29. The van der Waals surface area contributed by atoms with E-state index in [2.05, 4.69) is 24.1 Å². The molecule has 1 rings (SSSR count). The minimum Gasteiger partial charge on any atom is -0.396 e. The first kappa shape index (κ1) is 14.9. The van der Waals surface area contributed by atoms with Gasteiger partial charge in [0.1, 0.15) is 0 Å². The third-order valence-corrected chi connectivity index (χ3v) is 3.54. The number of rotatable bonds is 8. The van der Waals surface area contributed by atoms with Crippen molar-refractivity contribution in [3.63, 3.8) is 0 Å². The van der Waals surface area contributed by atoms with Crippen molar-refractivity contribution in [3.05, 3.63) is 0 Å². The van der Waals surface area contributed by atoms with Crippen LogP contribution in [0.3, 0.4) is 0 Å². The average molecular weight is 242 g/mol. The molecule has 0 aromatic heterocycles. The van der Waals surface area contributed by atoms with Crippen LogP contribution >= 0.6 is 0 Å². The average Bonchev–Trinajstić information content (AvgIpc) is 2.31. The molecule has 1 saturated heterocycles. The maximum Gasteiger partial charge on any atom is 0.0431 e. The van der Waals surface area contributed by atoms with E-state index in [4.69, 9.17) is 5.11 Å². The van der Waals surface area contributed by atoms with Crippen molar-refractivity contribution in [1.82, 2.24) is 10.2 Å². The van der Waals surface area contributed by atoms with Crippen LogP contribution in [0.5, 0.6) is 0 Å². The maximum absolute atomic E-state index is 8.83. The number of unbranched alkanes of at least 4 members (excludes halogenated alkanes) is 1. The van der Waals surface area contributed by atoms with Gasteiger partial charge in [0.05, 0.1) is 0 Å². The summed E-state index contributed by atoms with van der Waals surface area (Å²) in [7, 11) is 0. The fourth-order valence-electron chi connectivity index (χ4n) is 2.55. The Bertz CT molecular complexity index is 185. The third kappa shape index (κ3) is 6.39. The van der Waals surface area contributed by atoms with E-state index in [1.165, 1.54) is 25.8 Å². The minimum absolute atomic E-state index is 0.337. The van der Waals surface area contributed by atoms with Gasteiger partial charge in [0.15, 0.2) is 0 Å². The minimum atomic E-state index is 0.337. The van der Waals surface area contributed by atoms with E-state index in [9.17, 15) is 0 Å². The summed E-state index contributed by atoms with van der Waals surface area (Å²) < 4.78 is 0. The molecule has 102 valence electrons. The highest BCUT2D eigenvalue weighted by molar-refractivity contribution is 4.78. The predicted octanol–water partition coefficient (Wildman–Crippen LogP) is 1.86. The molecule has 0 spiro atoms. The van der Waals surface area contributed by atoms with Gasteiger partial charge in [0.2, 0.25) is 0 Å². The van der Waals surface area contributed by atoms with Crippen molar-refractivity contribution in [2.75, 3.05) is 32.8 Å². The van der Waals surface area contributed by atoms with E-state index < -0.39 is 0 Å². The van der Waals surface area contributed by atoms with Gasteiger partial charge in [-0.3, -0.25) is 4.90 Å². The van der Waals surface area contributed by atoms with Crippen LogP contribution in [-0.4, -0.2) is 48.8 Å². The van der Waals surface area contributed by atoms with Gasteiger partial charge in [-0.05, 0) is 51.2 Å². The first-order chi connectivity index (χ1) is 8.24. The highest BCUT2D eigenvalue weighted by Crippen LogP contribution is 2.17. The number of likely N-dealkylation sites (tertiary alicyclic amines) is 1. The SMILES string of the molecule is CC(C)CNCC1CCCCN1CCCCO. The number of aliphatic hydroxyl groups excluding tert-OH is 1. The molecule has 1 aliphatic rings. The van der Waals surface area contributed by atoms with Crippen molar-refractivity contribution in [1.29, 1.82) is 0 Å². The van der Waals surface area contributed by atoms with Crippen molar-refractivity contribution >= 4 is 0 Å². The van der Waals surface area contributed by atoms with E-state index in [-0.39, 0.29) is 0 Å². The number of hydrogen-bond donors (Lipinski definition) is 2. The van der Waals surface area contributed by atoms with Crippen LogP contribution in [-0.2, 0) is 0 Å². The van der Waals surface area contributed by atoms with Gasteiger partial charge >= 0.3 is 0 Å². The fraction of sp³-hybridized carbons (Fsp3) is 1.00. The second-order valence-corrected chi connectivity index (χ2v) is 5.67. The Hall–Kier alpha value is -0.120. The lowest BCUT2D eigenvalue weighted by atomic mass is 10.0. The second-order valence-electron chi connectivity index (χ2n) is 5.67. The summed E-state index contributed by atoms with van der Waals surface area (Å²) >= 11 is 0. The van der Waals surface area contributed by atoms with E-state index in [0.29, 0.717) is 6.61 Å². The molecule has 0 radical (unpaired) electrons. The number of aliphatic hydroxyl groups is 1. The van der Waals surface area contributed by atoms with Gasteiger partial charge in [0.25, 0.3) is 0 Å². The molecule has 0 amide bonds. The molecule has 0 aromatic carbocycles. The Morgan fingerprint density at radius 2 is 2.12 bits per heavy atom. The molecule has 1 aliphatic heterocycles. The van der Waals surface area contributed by atoms with Crippen LogP contribution in [0.15, 0.2) is 0 Å². The lowest BCUT2D eigenvalue weighted by Gasteiger charge is -2.36. The first-order valence-corrected chi connectivity index (χ1v) is 7.29. The molecule has 0 aliphatic carbocycles. The summed E-state index contributed by atoms with van der Waals surface area (Å²) in [6.45, 7) is 9.52. The summed E-state index contributed by atoms with van der Waals surface area (Å²) in [6.07, 6.45) is 6.15. The largest absolute Gasteiger partial charge is 0.396 e. The van der Waals surface area contributed by atoms with Crippen molar-refractivity contribution in [3.8, 4) is 0 Å². The van der Waals surface area contributed by atoms with Crippen LogP contribution in [0.25, 0.3) is 0 Å². The zero-order valence-corrected chi connectivity index (χ0v) is 11.6. The number of hydrogen-bond acceptors (Lipinski definition) is 3. The summed E-state index contributed by atoms with van der Waals surface area (Å²) in [5.74, 6) is 0.737.